The second-order valence-corrected chi connectivity index (χ2v) is 7.87. The van der Waals surface area contributed by atoms with Crippen molar-refractivity contribution in [2.45, 2.75) is 13.3 Å². The predicted octanol–water partition coefficient (Wildman–Crippen LogP) is 4.80. The number of carbonyl (C=O) groups is 3. The minimum Gasteiger partial charge on any atom is -0.315 e. The van der Waals surface area contributed by atoms with Crippen LogP contribution < -0.4 is 0 Å². The summed E-state index contributed by atoms with van der Waals surface area (Å²) < 4.78 is 1.86. The Bertz CT molecular complexity index is 1470. The van der Waals surface area contributed by atoms with Crippen molar-refractivity contribution in [3.63, 3.8) is 0 Å². The Kier molecular flexibility index (Phi) is 4.90. The van der Waals surface area contributed by atoms with Gasteiger partial charge in [-0.2, -0.15) is 0 Å². The van der Waals surface area contributed by atoms with Gasteiger partial charge in [-0.1, -0.05) is 55.1 Å². The van der Waals surface area contributed by atoms with Crippen LogP contribution in [0.5, 0.6) is 0 Å². The molecular weight excluding hydrogens is 418 g/mol. The number of aromatic nitrogens is 1. The van der Waals surface area contributed by atoms with E-state index < -0.39 is 11.9 Å². The molecule has 162 valence electrons. The van der Waals surface area contributed by atoms with Crippen LogP contribution in [0.25, 0.3) is 22.2 Å². The molecule has 0 aliphatic heterocycles. The summed E-state index contributed by atoms with van der Waals surface area (Å²) in [4.78, 5) is 45.8. The first-order valence-electron chi connectivity index (χ1n) is 10.4. The van der Waals surface area contributed by atoms with Gasteiger partial charge in [-0.15, -0.1) is 0 Å². The summed E-state index contributed by atoms with van der Waals surface area (Å²) in [7, 11) is 0. The number of fused-ring (bicyclic) bond motifs is 3. The molecule has 0 saturated carbocycles. The molecule has 33 heavy (non-hydrogen) atoms. The third kappa shape index (κ3) is 3.51. The van der Waals surface area contributed by atoms with Crippen LogP contribution in [0, 0.1) is 0 Å². The Morgan fingerprint density at radius 3 is 2.33 bits per heavy atom. The van der Waals surface area contributed by atoms with Gasteiger partial charge in [-0.25, -0.2) is 19.4 Å². The van der Waals surface area contributed by atoms with E-state index in [1.807, 2.05) is 65.2 Å². The van der Waals surface area contributed by atoms with Crippen LogP contribution in [0.1, 0.15) is 39.5 Å². The molecule has 1 aromatic heterocycles. The van der Waals surface area contributed by atoms with Gasteiger partial charge in [0, 0.05) is 35.2 Å². The lowest BCUT2D eigenvalue weighted by molar-refractivity contribution is -0.252. The number of hydrogen-bond donors (Lipinski definition) is 0. The third-order valence-corrected chi connectivity index (χ3v) is 5.74. The van der Waals surface area contributed by atoms with Crippen molar-refractivity contribution in [1.82, 2.24) is 4.57 Å². The van der Waals surface area contributed by atoms with Gasteiger partial charge in [0.25, 0.3) is 0 Å². The second-order valence-electron chi connectivity index (χ2n) is 7.87. The van der Waals surface area contributed by atoms with E-state index in [0.717, 1.165) is 29.8 Å². The highest BCUT2D eigenvalue weighted by Gasteiger charge is 2.24. The normalized spacial score (nSPS) is 11.5. The number of para-hydroxylation sites is 2. The van der Waals surface area contributed by atoms with E-state index in [0.29, 0.717) is 22.4 Å². The fraction of sp³-hybridized carbons (Fsp3) is 0.0741. The molecule has 0 N–H and O–H groups in total. The van der Waals surface area contributed by atoms with Crippen molar-refractivity contribution in [2.24, 2.45) is 0 Å². The molecule has 0 amide bonds. The van der Waals surface area contributed by atoms with Crippen LogP contribution in [0.15, 0.2) is 79.5 Å². The average Bonchev–Trinajstić information content (AvgIpc) is 3.20. The number of hydrogen-bond acceptors (Lipinski definition) is 5. The molecule has 0 fully saturated rings. The highest BCUT2D eigenvalue weighted by Crippen LogP contribution is 2.33. The molecule has 2 aliphatic carbocycles. The lowest BCUT2D eigenvalue weighted by Gasteiger charge is -2.19. The molecule has 6 heteroatoms. The first-order chi connectivity index (χ1) is 15.9. The molecule has 3 aromatic carbocycles. The van der Waals surface area contributed by atoms with Crippen LogP contribution in [0.3, 0.4) is 0 Å². The van der Waals surface area contributed by atoms with E-state index >= 15 is 0 Å². The summed E-state index contributed by atoms with van der Waals surface area (Å²) in [5.41, 5.74) is 5.54. The zero-order chi connectivity index (χ0) is 23.1. The van der Waals surface area contributed by atoms with Crippen LogP contribution in [0.2, 0.25) is 0 Å². The number of benzene rings is 3. The van der Waals surface area contributed by atoms with E-state index in [4.69, 9.17) is 0 Å². The molecular formula is C27H19NO5. The fourth-order valence-electron chi connectivity index (χ4n) is 4.11. The van der Waals surface area contributed by atoms with Crippen molar-refractivity contribution >= 4 is 34.2 Å². The van der Waals surface area contributed by atoms with E-state index in [2.05, 4.69) is 16.4 Å². The monoisotopic (exact) mass is 437 g/mol. The summed E-state index contributed by atoms with van der Waals surface area (Å²) in [5, 5.41) is 0.746. The lowest BCUT2D eigenvalue weighted by atomic mass is 9.85. The molecule has 6 rings (SSSR count). The van der Waals surface area contributed by atoms with Crippen molar-refractivity contribution in [3.05, 3.63) is 107 Å². The maximum Gasteiger partial charge on any atom is 0.386 e. The molecule has 4 aromatic rings. The van der Waals surface area contributed by atoms with Gasteiger partial charge in [-0.05, 0) is 35.7 Å². The van der Waals surface area contributed by atoms with Crippen LogP contribution >= 0.6 is 0 Å². The largest absolute Gasteiger partial charge is 0.386 e. The predicted molar refractivity (Wildman–Crippen MR) is 123 cm³/mol. The topological polar surface area (TPSA) is 74.6 Å². The van der Waals surface area contributed by atoms with Gasteiger partial charge in [0.2, 0.25) is 0 Å². The average molecular weight is 437 g/mol. The number of ketones is 1. The molecule has 0 spiro atoms. The van der Waals surface area contributed by atoms with E-state index in [9.17, 15) is 14.4 Å². The fourth-order valence-corrected chi connectivity index (χ4v) is 4.11. The van der Waals surface area contributed by atoms with E-state index in [1.54, 1.807) is 12.3 Å². The molecule has 0 unspecified atom stereocenters. The Balaban J connectivity index is 1.60. The standard InChI is InChI=1S/C27H19NO5/c1-16(27(31)33-32-17(2)29)23-15-28(24-9-5-3-7-21(23)24)25-10-6-4-8-22(25)26(30)20-12-11-18-13-19(20)14-18/h3-13,15H,1,14H2,2H3. The summed E-state index contributed by atoms with van der Waals surface area (Å²) in [5.74, 6) is -1.67. The van der Waals surface area contributed by atoms with Crippen molar-refractivity contribution in [2.75, 3.05) is 0 Å². The zero-order valence-electron chi connectivity index (χ0n) is 17.8. The molecule has 0 radical (unpaired) electrons. The molecule has 0 saturated heterocycles. The number of carbonyl (C=O) groups excluding carboxylic acids is 3. The Morgan fingerprint density at radius 1 is 0.879 bits per heavy atom. The van der Waals surface area contributed by atoms with Gasteiger partial charge < -0.3 is 4.57 Å². The minimum absolute atomic E-state index is 0.0299. The first kappa shape index (κ1) is 20.5. The van der Waals surface area contributed by atoms with Crippen LogP contribution in [-0.4, -0.2) is 22.3 Å². The molecule has 1 heterocycles. The van der Waals surface area contributed by atoms with Gasteiger partial charge in [-0.3, -0.25) is 4.79 Å². The zero-order valence-corrected chi connectivity index (χ0v) is 17.8. The van der Waals surface area contributed by atoms with Gasteiger partial charge >= 0.3 is 11.9 Å². The maximum atomic E-state index is 13.5. The molecule has 6 nitrogen and oxygen atoms in total. The van der Waals surface area contributed by atoms with Gasteiger partial charge in [0.15, 0.2) is 5.78 Å². The number of rotatable bonds is 5. The summed E-state index contributed by atoms with van der Waals surface area (Å²) in [6, 6.07) is 20.7. The third-order valence-electron chi connectivity index (χ3n) is 5.74. The summed E-state index contributed by atoms with van der Waals surface area (Å²) >= 11 is 0. The summed E-state index contributed by atoms with van der Waals surface area (Å²) in [6.07, 6.45) is 2.56. The Morgan fingerprint density at radius 2 is 1.61 bits per heavy atom. The van der Waals surface area contributed by atoms with Crippen LogP contribution in [0.4, 0.5) is 0 Å². The smallest absolute Gasteiger partial charge is 0.315 e. The van der Waals surface area contributed by atoms with Gasteiger partial charge in [0.1, 0.15) is 0 Å². The highest BCUT2D eigenvalue weighted by atomic mass is 17.2. The SMILES string of the molecule is C=C(C(=O)OOC(C)=O)c1cn(-c2ccccc2C(=O)c2ccc3cc2C3)c2ccccc12. The van der Waals surface area contributed by atoms with E-state index in [1.165, 1.54) is 5.56 Å². The second kappa shape index (κ2) is 7.91. The molecule has 2 bridgehead atoms. The minimum atomic E-state index is -0.871. The summed E-state index contributed by atoms with van der Waals surface area (Å²) in [6.45, 7) is 4.97. The van der Waals surface area contributed by atoms with Crippen LogP contribution in [-0.2, 0) is 25.8 Å². The quantitative estimate of drug-likeness (QED) is 0.171. The molecule has 2 aliphatic rings. The molecule has 0 atom stereocenters. The number of nitrogens with zero attached hydrogens (tertiary/aromatic N) is 1. The maximum absolute atomic E-state index is 13.5. The van der Waals surface area contributed by atoms with Crippen molar-refractivity contribution < 1.29 is 24.2 Å². The van der Waals surface area contributed by atoms with Crippen molar-refractivity contribution in [3.8, 4) is 5.69 Å². The van der Waals surface area contributed by atoms with E-state index in [-0.39, 0.29) is 11.4 Å². The Labute approximate surface area is 189 Å². The Hall–Kier alpha value is -4.45. The van der Waals surface area contributed by atoms with Gasteiger partial charge in [0.05, 0.1) is 16.8 Å². The highest BCUT2D eigenvalue weighted by molar-refractivity contribution is 6.19. The lowest BCUT2D eigenvalue weighted by Crippen LogP contribution is -2.14. The first-order valence-corrected chi connectivity index (χ1v) is 10.4. The van der Waals surface area contributed by atoms with Crippen molar-refractivity contribution in [1.29, 1.82) is 0 Å².